The Balaban J connectivity index is 1.74. The molecular formula is C20H26N4O2. The van der Waals surface area contributed by atoms with Crippen LogP contribution >= 0.6 is 0 Å². The van der Waals surface area contributed by atoms with Gasteiger partial charge in [0.2, 0.25) is 0 Å². The van der Waals surface area contributed by atoms with E-state index < -0.39 is 0 Å². The molecule has 1 amide bonds. The Labute approximate surface area is 154 Å². The van der Waals surface area contributed by atoms with Gasteiger partial charge in [0.05, 0.1) is 12.8 Å². The number of ether oxygens (including phenoxy) is 1. The number of likely N-dealkylation sites (N-methyl/N-ethyl adjacent to an activating group) is 1. The minimum atomic E-state index is -0.233. The van der Waals surface area contributed by atoms with E-state index in [1.807, 2.05) is 37.3 Å². The summed E-state index contributed by atoms with van der Waals surface area (Å²) in [5.41, 5.74) is 3.15. The lowest BCUT2D eigenvalue weighted by Gasteiger charge is -2.35. The van der Waals surface area contributed by atoms with Crippen molar-refractivity contribution in [3.8, 4) is 5.75 Å². The van der Waals surface area contributed by atoms with Crippen LogP contribution in [0.4, 0.5) is 11.4 Å². The number of pyridine rings is 1. The highest BCUT2D eigenvalue weighted by atomic mass is 16.5. The second-order valence-corrected chi connectivity index (χ2v) is 6.48. The minimum absolute atomic E-state index is 0.233. The number of methoxy groups -OCH3 is 1. The summed E-state index contributed by atoms with van der Waals surface area (Å²) >= 11 is 0. The molecule has 2 aromatic rings. The van der Waals surface area contributed by atoms with Gasteiger partial charge in [-0.2, -0.15) is 0 Å². The highest BCUT2D eigenvalue weighted by Crippen LogP contribution is 2.26. The summed E-state index contributed by atoms with van der Waals surface area (Å²) < 4.78 is 5.33. The molecule has 1 fully saturated rings. The molecular weight excluding hydrogens is 328 g/mol. The van der Waals surface area contributed by atoms with Gasteiger partial charge < -0.3 is 19.9 Å². The van der Waals surface area contributed by atoms with E-state index in [2.05, 4.69) is 27.0 Å². The van der Waals surface area contributed by atoms with Crippen LogP contribution in [-0.2, 0) is 0 Å². The van der Waals surface area contributed by atoms with Gasteiger partial charge in [-0.25, -0.2) is 0 Å². The molecule has 1 saturated heterocycles. The summed E-state index contributed by atoms with van der Waals surface area (Å²) in [6, 6.07) is 9.51. The summed E-state index contributed by atoms with van der Waals surface area (Å²) in [6.07, 6.45) is 1.70. The number of piperazine rings is 1. The van der Waals surface area contributed by atoms with Gasteiger partial charge in [0.15, 0.2) is 0 Å². The molecule has 6 heteroatoms. The topological polar surface area (TPSA) is 57.7 Å². The van der Waals surface area contributed by atoms with Crippen LogP contribution in [0.2, 0.25) is 0 Å². The van der Waals surface area contributed by atoms with Gasteiger partial charge in [-0.15, -0.1) is 0 Å². The van der Waals surface area contributed by atoms with E-state index in [0.29, 0.717) is 17.1 Å². The number of hydrogen-bond acceptors (Lipinski definition) is 5. The SMILES string of the molecule is CCN1CCN(c2ccnc(C(=O)Nc3cc(C)ccc3OC)c2)CC1. The van der Waals surface area contributed by atoms with Crippen molar-refractivity contribution in [2.24, 2.45) is 0 Å². The third kappa shape index (κ3) is 4.14. The first-order valence-corrected chi connectivity index (χ1v) is 9.00. The number of aryl methyl sites for hydroxylation is 1. The van der Waals surface area contributed by atoms with Crippen LogP contribution in [0.1, 0.15) is 23.0 Å². The number of hydrogen-bond donors (Lipinski definition) is 1. The Hall–Kier alpha value is -2.60. The molecule has 0 atom stereocenters. The molecule has 2 heterocycles. The molecule has 1 aliphatic heterocycles. The zero-order chi connectivity index (χ0) is 18.5. The average molecular weight is 354 g/mol. The van der Waals surface area contributed by atoms with Crippen molar-refractivity contribution in [2.45, 2.75) is 13.8 Å². The van der Waals surface area contributed by atoms with Gasteiger partial charge in [-0.1, -0.05) is 13.0 Å². The summed E-state index contributed by atoms with van der Waals surface area (Å²) in [4.78, 5) is 21.6. The number of nitrogens with one attached hydrogen (secondary N) is 1. The van der Waals surface area contributed by atoms with Crippen LogP contribution in [-0.4, -0.2) is 55.6 Å². The van der Waals surface area contributed by atoms with Crippen molar-refractivity contribution < 1.29 is 9.53 Å². The van der Waals surface area contributed by atoms with Gasteiger partial charge in [0, 0.05) is 38.1 Å². The number of amides is 1. The minimum Gasteiger partial charge on any atom is -0.495 e. The van der Waals surface area contributed by atoms with Crippen molar-refractivity contribution in [2.75, 3.05) is 50.1 Å². The molecule has 1 aromatic heterocycles. The van der Waals surface area contributed by atoms with Gasteiger partial charge in [0.25, 0.3) is 5.91 Å². The second kappa shape index (κ2) is 8.19. The highest BCUT2D eigenvalue weighted by Gasteiger charge is 2.18. The largest absolute Gasteiger partial charge is 0.495 e. The standard InChI is InChI=1S/C20H26N4O2/c1-4-23-9-11-24(12-10-23)16-7-8-21-18(14-16)20(25)22-17-13-15(2)5-6-19(17)26-3/h5-8,13-14H,4,9-12H2,1-3H3,(H,22,25). The average Bonchev–Trinajstić information content (AvgIpc) is 2.68. The zero-order valence-corrected chi connectivity index (χ0v) is 15.7. The lowest BCUT2D eigenvalue weighted by Crippen LogP contribution is -2.46. The van der Waals surface area contributed by atoms with Crippen molar-refractivity contribution in [1.29, 1.82) is 0 Å². The number of carbonyl (C=O) groups is 1. The number of aromatic nitrogens is 1. The first-order chi connectivity index (χ1) is 12.6. The lowest BCUT2D eigenvalue weighted by molar-refractivity contribution is 0.102. The Morgan fingerprint density at radius 3 is 2.65 bits per heavy atom. The maximum Gasteiger partial charge on any atom is 0.274 e. The quantitative estimate of drug-likeness (QED) is 0.895. The fraction of sp³-hybridized carbons (Fsp3) is 0.400. The van der Waals surface area contributed by atoms with E-state index in [4.69, 9.17) is 4.74 Å². The number of rotatable bonds is 5. The molecule has 0 spiro atoms. The van der Waals surface area contributed by atoms with E-state index in [1.54, 1.807) is 13.3 Å². The summed E-state index contributed by atoms with van der Waals surface area (Å²) in [6.45, 7) is 9.25. The van der Waals surface area contributed by atoms with E-state index >= 15 is 0 Å². The zero-order valence-electron chi connectivity index (χ0n) is 15.7. The fourth-order valence-corrected chi connectivity index (χ4v) is 3.17. The molecule has 3 rings (SSSR count). The maximum atomic E-state index is 12.7. The van der Waals surface area contributed by atoms with Crippen LogP contribution in [0, 0.1) is 6.92 Å². The first-order valence-electron chi connectivity index (χ1n) is 9.00. The van der Waals surface area contributed by atoms with Crippen LogP contribution < -0.4 is 15.0 Å². The molecule has 138 valence electrons. The number of benzene rings is 1. The molecule has 6 nitrogen and oxygen atoms in total. The molecule has 26 heavy (non-hydrogen) atoms. The van der Waals surface area contributed by atoms with E-state index in [0.717, 1.165) is 44.0 Å². The van der Waals surface area contributed by atoms with Crippen LogP contribution in [0.15, 0.2) is 36.5 Å². The molecule has 0 unspecified atom stereocenters. The van der Waals surface area contributed by atoms with E-state index in [9.17, 15) is 4.79 Å². The Bertz CT molecular complexity index is 770. The normalized spacial score (nSPS) is 15.0. The predicted octanol–water partition coefficient (Wildman–Crippen LogP) is 2.79. The lowest BCUT2D eigenvalue weighted by atomic mass is 10.2. The van der Waals surface area contributed by atoms with E-state index in [1.165, 1.54) is 0 Å². The molecule has 1 aromatic carbocycles. The molecule has 0 radical (unpaired) electrons. The van der Waals surface area contributed by atoms with Crippen molar-refractivity contribution >= 4 is 17.3 Å². The van der Waals surface area contributed by atoms with Crippen LogP contribution in [0.5, 0.6) is 5.75 Å². The number of anilines is 2. The van der Waals surface area contributed by atoms with Gasteiger partial charge in [-0.3, -0.25) is 9.78 Å². The van der Waals surface area contributed by atoms with Gasteiger partial charge in [-0.05, 0) is 43.3 Å². The third-order valence-electron chi connectivity index (χ3n) is 4.76. The monoisotopic (exact) mass is 354 g/mol. The van der Waals surface area contributed by atoms with Crippen molar-refractivity contribution in [3.05, 3.63) is 47.8 Å². The molecule has 0 bridgehead atoms. The molecule has 0 saturated carbocycles. The number of carbonyl (C=O) groups excluding carboxylic acids is 1. The second-order valence-electron chi connectivity index (χ2n) is 6.48. The predicted molar refractivity (Wildman–Crippen MR) is 104 cm³/mol. The summed E-state index contributed by atoms with van der Waals surface area (Å²) in [5.74, 6) is 0.402. The highest BCUT2D eigenvalue weighted by molar-refractivity contribution is 6.04. The Morgan fingerprint density at radius 2 is 1.96 bits per heavy atom. The third-order valence-corrected chi connectivity index (χ3v) is 4.76. The first kappa shape index (κ1) is 18.2. The Morgan fingerprint density at radius 1 is 1.19 bits per heavy atom. The van der Waals surface area contributed by atoms with Crippen molar-refractivity contribution in [1.82, 2.24) is 9.88 Å². The Kier molecular flexibility index (Phi) is 5.73. The van der Waals surface area contributed by atoms with Crippen molar-refractivity contribution in [3.63, 3.8) is 0 Å². The maximum absolute atomic E-state index is 12.7. The molecule has 1 aliphatic rings. The molecule has 0 aliphatic carbocycles. The summed E-state index contributed by atoms with van der Waals surface area (Å²) in [7, 11) is 1.59. The smallest absolute Gasteiger partial charge is 0.274 e. The summed E-state index contributed by atoms with van der Waals surface area (Å²) in [5, 5.41) is 2.91. The molecule has 1 N–H and O–H groups in total. The van der Waals surface area contributed by atoms with Gasteiger partial charge >= 0.3 is 0 Å². The number of nitrogens with zero attached hydrogens (tertiary/aromatic N) is 3. The van der Waals surface area contributed by atoms with Gasteiger partial charge in [0.1, 0.15) is 11.4 Å². The van der Waals surface area contributed by atoms with Crippen LogP contribution in [0.3, 0.4) is 0 Å². The van der Waals surface area contributed by atoms with Crippen LogP contribution in [0.25, 0.3) is 0 Å². The fourth-order valence-electron chi connectivity index (χ4n) is 3.17. The van der Waals surface area contributed by atoms with E-state index in [-0.39, 0.29) is 5.91 Å².